The van der Waals surface area contributed by atoms with Crippen LogP contribution in [0, 0.1) is 5.41 Å². The number of aliphatic hydroxyl groups is 1. The van der Waals surface area contributed by atoms with Gasteiger partial charge >= 0.3 is 0 Å². The molecule has 1 aromatic heterocycles. The standard InChI is InChI=1S/C26H33NO2/c1-16(2)23-21-22(20-18(27-23)14-25(3,4)15-19(20)28)26(12-8-9-13-26)29-24(21)17-10-6-5-7-11-17/h5-7,10-11,16,19,24,28H,8-9,12-15H2,1-4H3/t19-,24+/m0/s1. The Labute approximate surface area is 174 Å². The minimum Gasteiger partial charge on any atom is -0.388 e. The molecule has 2 heterocycles. The maximum atomic E-state index is 11.3. The van der Waals surface area contributed by atoms with Crippen molar-refractivity contribution in [3.8, 4) is 0 Å². The van der Waals surface area contributed by atoms with Gasteiger partial charge in [-0.05, 0) is 48.1 Å². The summed E-state index contributed by atoms with van der Waals surface area (Å²) < 4.78 is 6.97. The number of nitrogens with zero attached hydrogens (tertiary/aromatic N) is 1. The first-order chi connectivity index (χ1) is 13.8. The molecule has 1 N–H and O–H groups in total. The van der Waals surface area contributed by atoms with Crippen LogP contribution in [0.25, 0.3) is 0 Å². The third kappa shape index (κ3) is 2.97. The Morgan fingerprint density at radius 2 is 1.76 bits per heavy atom. The van der Waals surface area contributed by atoms with Gasteiger partial charge in [0.25, 0.3) is 0 Å². The van der Waals surface area contributed by atoms with Gasteiger partial charge in [0, 0.05) is 22.5 Å². The van der Waals surface area contributed by atoms with Crippen LogP contribution in [0.3, 0.4) is 0 Å². The molecule has 3 nitrogen and oxygen atoms in total. The molecule has 0 bridgehead atoms. The number of ether oxygens (including phenoxy) is 1. The zero-order chi connectivity index (χ0) is 20.4. The van der Waals surface area contributed by atoms with E-state index >= 15 is 0 Å². The summed E-state index contributed by atoms with van der Waals surface area (Å²) in [5, 5.41) is 11.3. The number of aliphatic hydroxyl groups excluding tert-OH is 1. The number of benzene rings is 1. The number of fused-ring (bicyclic) bond motifs is 4. The molecule has 0 amide bonds. The van der Waals surface area contributed by atoms with Gasteiger partial charge in [-0.15, -0.1) is 0 Å². The first-order valence-electron chi connectivity index (χ1n) is 11.3. The van der Waals surface area contributed by atoms with Gasteiger partial charge in [-0.3, -0.25) is 4.98 Å². The number of rotatable bonds is 2. The number of aromatic nitrogens is 1. The van der Waals surface area contributed by atoms with E-state index in [9.17, 15) is 5.11 Å². The van der Waals surface area contributed by atoms with Gasteiger partial charge in [0.2, 0.25) is 0 Å². The smallest absolute Gasteiger partial charge is 0.111 e. The predicted octanol–water partition coefficient (Wildman–Crippen LogP) is 6.10. The van der Waals surface area contributed by atoms with Gasteiger partial charge in [0.05, 0.1) is 11.7 Å². The highest BCUT2D eigenvalue weighted by Crippen LogP contribution is 2.59. The Balaban J connectivity index is 1.81. The second-order valence-corrected chi connectivity index (χ2v) is 10.5. The van der Waals surface area contributed by atoms with E-state index in [4.69, 9.17) is 9.72 Å². The minimum atomic E-state index is -0.452. The molecular weight excluding hydrogens is 358 g/mol. The number of pyridine rings is 1. The summed E-state index contributed by atoms with van der Waals surface area (Å²) in [4.78, 5) is 5.22. The number of hydrogen-bond donors (Lipinski definition) is 1. The molecule has 2 aliphatic carbocycles. The molecule has 0 radical (unpaired) electrons. The number of hydrogen-bond acceptors (Lipinski definition) is 3. The van der Waals surface area contributed by atoms with E-state index in [1.54, 1.807) is 0 Å². The van der Waals surface area contributed by atoms with Crippen LogP contribution >= 0.6 is 0 Å². The molecule has 1 fully saturated rings. The Morgan fingerprint density at radius 1 is 1.07 bits per heavy atom. The van der Waals surface area contributed by atoms with Crippen LogP contribution in [0.2, 0.25) is 0 Å². The molecule has 0 saturated heterocycles. The summed E-state index contributed by atoms with van der Waals surface area (Å²) in [7, 11) is 0. The van der Waals surface area contributed by atoms with Gasteiger partial charge in [0.15, 0.2) is 0 Å². The minimum absolute atomic E-state index is 0.0725. The van der Waals surface area contributed by atoms with Gasteiger partial charge < -0.3 is 9.84 Å². The molecule has 1 aliphatic heterocycles. The normalized spacial score (nSPS) is 26.7. The molecule has 3 heteroatoms. The molecule has 154 valence electrons. The zero-order valence-corrected chi connectivity index (χ0v) is 18.2. The molecule has 2 aromatic rings. The monoisotopic (exact) mass is 391 g/mol. The van der Waals surface area contributed by atoms with E-state index < -0.39 is 6.10 Å². The highest BCUT2D eigenvalue weighted by Gasteiger charge is 2.52. The third-order valence-electron chi connectivity index (χ3n) is 7.23. The van der Waals surface area contributed by atoms with Crippen molar-refractivity contribution in [2.75, 3.05) is 0 Å². The summed E-state index contributed by atoms with van der Waals surface area (Å²) in [6, 6.07) is 10.6. The molecule has 1 spiro atoms. The molecule has 0 unspecified atom stereocenters. The lowest BCUT2D eigenvalue weighted by atomic mass is 9.70. The average Bonchev–Trinajstić information content (AvgIpc) is 3.26. The topological polar surface area (TPSA) is 42.4 Å². The van der Waals surface area contributed by atoms with Gasteiger partial charge in [0.1, 0.15) is 6.10 Å². The van der Waals surface area contributed by atoms with Crippen molar-refractivity contribution in [3.05, 3.63) is 64.0 Å². The van der Waals surface area contributed by atoms with Crippen molar-refractivity contribution < 1.29 is 9.84 Å². The van der Waals surface area contributed by atoms with Crippen molar-refractivity contribution >= 4 is 0 Å². The molecule has 1 aromatic carbocycles. The second-order valence-electron chi connectivity index (χ2n) is 10.5. The van der Waals surface area contributed by atoms with Crippen LogP contribution in [0.15, 0.2) is 30.3 Å². The fourth-order valence-corrected chi connectivity index (χ4v) is 6.04. The first-order valence-corrected chi connectivity index (χ1v) is 11.3. The molecule has 5 rings (SSSR count). The summed E-state index contributed by atoms with van der Waals surface area (Å²) in [6.45, 7) is 8.97. The van der Waals surface area contributed by atoms with E-state index in [1.165, 1.54) is 35.2 Å². The van der Waals surface area contributed by atoms with E-state index in [2.05, 4.69) is 58.0 Å². The molecule has 3 aliphatic rings. The largest absolute Gasteiger partial charge is 0.388 e. The molecule has 1 saturated carbocycles. The summed E-state index contributed by atoms with van der Waals surface area (Å²) in [5.41, 5.74) is 6.96. The molecule has 29 heavy (non-hydrogen) atoms. The van der Waals surface area contributed by atoms with Crippen LogP contribution in [-0.4, -0.2) is 10.1 Å². The summed E-state index contributed by atoms with van der Waals surface area (Å²) >= 11 is 0. The van der Waals surface area contributed by atoms with Crippen molar-refractivity contribution in [1.29, 1.82) is 0 Å². The highest BCUT2D eigenvalue weighted by atomic mass is 16.5. The maximum absolute atomic E-state index is 11.3. The lowest BCUT2D eigenvalue weighted by Gasteiger charge is -2.38. The Morgan fingerprint density at radius 3 is 2.41 bits per heavy atom. The van der Waals surface area contributed by atoms with Gasteiger partial charge in [-0.1, -0.05) is 70.9 Å². The maximum Gasteiger partial charge on any atom is 0.111 e. The summed E-state index contributed by atoms with van der Waals surface area (Å²) in [5.74, 6) is 0.322. The van der Waals surface area contributed by atoms with Crippen LogP contribution in [0.1, 0.15) is 112 Å². The summed E-state index contributed by atoms with van der Waals surface area (Å²) in [6.07, 6.45) is 5.67. The fourth-order valence-electron chi connectivity index (χ4n) is 6.04. The van der Waals surface area contributed by atoms with Crippen molar-refractivity contribution in [1.82, 2.24) is 4.98 Å². The van der Waals surface area contributed by atoms with Gasteiger partial charge in [-0.2, -0.15) is 0 Å². The Hall–Kier alpha value is -1.71. The van der Waals surface area contributed by atoms with E-state index in [0.717, 1.165) is 36.9 Å². The van der Waals surface area contributed by atoms with Crippen molar-refractivity contribution in [2.45, 2.75) is 89.9 Å². The lowest BCUT2D eigenvalue weighted by molar-refractivity contribution is -0.0580. The van der Waals surface area contributed by atoms with Crippen LogP contribution < -0.4 is 0 Å². The Kier molecular flexibility index (Phi) is 4.42. The fraction of sp³-hybridized carbons (Fsp3) is 0.577. The second kappa shape index (κ2) is 6.65. The van der Waals surface area contributed by atoms with Gasteiger partial charge in [-0.25, -0.2) is 0 Å². The first kappa shape index (κ1) is 19.3. The van der Waals surface area contributed by atoms with Crippen LogP contribution in [-0.2, 0) is 16.8 Å². The Bertz CT molecular complexity index is 925. The SMILES string of the molecule is CC(C)c1nc2c(c3c1[C@@H](c1ccccc1)OC31CCCC1)[C@@H](O)CC(C)(C)C2. The average molecular weight is 392 g/mol. The molecular formula is C26H33NO2. The quantitative estimate of drug-likeness (QED) is 0.672. The highest BCUT2D eigenvalue weighted by molar-refractivity contribution is 5.54. The predicted molar refractivity (Wildman–Crippen MR) is 115 cm³/mol. The molecule has 2 atom stereocenters. The third-order valence-corrected chi connectivity index (χ3v) is 7.23. The zero-order valence-electron chi connectivity index (χ0n) is 18.2. The van der Waals surface area contributed by atoms with Crippen molar-refractivity contribution in [3.63, 3.8) is 0 Å². The van der Waals surface area contributed by atoms with Crippen LogP contribution in [0.4, 0.5) is 0 Å². The van der Waals surface area contributed by atoms with E-state index in [0.29, 0.717) is 5.92 Å². The van der Waals surface area contributed by atoms with E-state index in [1.807, 2.05) is 0 Å². The van der Waals surface area contributed by atoms with Crippen molar-refractivity contribution in [2.24, 2.45) is 5.41 Å². The van der Waals surface area contributed by atoms with Crippen LogP contribution in [0.5, 0.6) is 0 Å². The lowest BCUT2D eigenvalue weighted by Crippen LogP contribution is -2.32. The van der Waals surface area contributed by atoms with E-state index in [-0.39, 0.29) is 17.1 Å².